The SMILES string of the molecule is [B]c1c([B])c([B])c2c(c1[B])c1c([B])c(-c3ccc4c(c3)c3c(-c5ccccc5)cccc3n4-c3ccc(-c4ccccc4)cc3)c([B])c([B])c1n2-c1cccc(-c2ccccc2)c1. The lowest BCUT2D eigenvalue weighted by atomic mass is 9.64. The maximum absolute atomic E-state index is 7.42. The molecule has 2 heterocycles. The highest BCUT2D eigenvalue weighted by Gasteiger charge is 2.25. The lowest BCUT2D eigenvalue weighted by molar-refractivity contribution is 1.18. The minimum absolute atomic E-state index is 0.174. The van der Waals surface area contributed by atoms with Crippen molar-refractivity contribution in [3.63, 3.8) is 0 Å². The van der Waals surface area contributed by atoms with E-state index in [9.17, 15) is 0 Å². The molecule has 0 bridgehead atoms. The molecule has 0 atom stereocenters. The van der Waals surface area contributed by atoms with Crippen molar-refractivity contribution in [1.82, 2.24) is 9.13 Å². The zero-order valence-corrected chi connectivity index (χ0v) is 34.2. The Balaban J connectivity index is 1.19. The first-order valence-electron chi connectivity index (χ1n) is 20.7. The lowest BCUT2D eigenvalue weighted by Gasteiger charge is -2.19. The van der Waals surface area contributed by atoms with Crippen LogP contribution in [0.3, 0.4) is 0 Å². The smallest absolute Gasteiger partial charge is 0.115 e. The van der Waals surface area contributed by atoms with Crippen LogP contribution in [0.4, 0.5) is 0 Å². The predicted molar refractivity (Wildman–Crippen MR) is 275 cm³/mol. The van der Waals surface area contributed by atoms with Crippen LogP contribution in [0.1, 0.15) is 0 Å². The van der Waals surface area contributed by atoms with Gasteiger partial charge in [0.05, 0.1) is 11.0 Å². The highest BCUT2D eigenvalue weighted by Crippen LogP contribution is 2.41. The van der Waals surface area contributed by atoms with Crippen molar-refractivity contribution in [2.24, 2.45) is 0 Å². The molecule has 2 nitrogen and oxygen atoms in total. The molecular formula is C54H29B7N2. The van der Waals surface area contributed by atoms with Gasteiger partial charge in [-0.15, -0.1) is 10.9 Å². The summed E-state index contributed by atoms with van der Waals surface area (Å²) in [6.07, 6.45) is 0. The van der Waals surface area contributed by atoms with Gasteiger partial charge in [-0.2, -0.15) is 0 Å². The summed E-state index contributed by atoms with van der Waals surface area (Å²) in [5.74, 6) is 0. The van der Waals surface area contributed by atoms with Gasteiger partial charge in [-0.1, -0.05) is 161 Å². The molecule has 63 heavy (non-hydrogen) atoms. The molecule has 0 N–H and O–H groups in total. The fourth-order valence-electron chi connectivity index (χ4n) is 9.51. The molecule has 9 heteroatoms. The molecule has 0 spiro atoms. The Kier molecular flexibility index (Phi) is 9.35. The van der Waals surface area contributed by atoms with E-state index >= 15 is 0 Å². The number of fused-ring (bicyclic) bond motifs is 6. The van der Waals surface area contributed by atoms with Crippen LogP contribution >= 0.6 is 0 Å². The molecular weight excluding hydrogens is 752 g/mol. The van der Waals surface area contributed by atoms with E-state index < -0.39 is 0 Å². The minimum Gasteiger partial charge on any atom is -0.311 e. The number of aromatic nitrogens is 2. The van der Waals surface area contributed by atoms with Crippen LogP contribution in [0.25, 0.3) is 99.5 Å². The summed E-state index contributed by atoms with van der Waals surface area (Å²) in [5, 5.41) is 3.24. The molecule has 2 aromatic heterocycles. The minimum atomic E-state index is 0.174. The Bertz CT molecular complexity index is 3620. The van der Waals surface area contributed by atoms with Crippen LogP contribution in [0.2, 0.25) is 0 Å². The predicted octanol–water partition coefficient (Wildman–Crippen LogP) is 6.11. The first-order valence-corrected chi connectivity index (χ1v) is 20.7. The van der Waals surface area contributed by atoms with Gasteiger partial charge in [0.25, 0.3) is 0 Å². The van der Waals surface area contributed by atoms with E-state index in [4.69, 9.17) is 54.9 Å². The molecule has 9 aromatic carbocycles. The Morgan fingerprint density at radius 3 is 1.48 bits per heavy atom. The van der Waals surface area contributed by atoms with E-state index in [1.807, 2.05) is 47.0 Å². The average molecular weight is 782 g/mol. The van der Waals surface area contributed by atoms with E-state index in [0.29, 0.717) is 43.8 Å². The van der Waals surface area contributed by atoms with Crippen molar-refractivity contribution in [3.8, 4) is 55.9 Å². The normalized spacial score (nSPS) is 11.6. The van der Waals surface area contributed by atoms with E-state index in [-0.39, 0.29) is 21.9 Å². The molecule has 11 aromatic rings. The first kappa shape index (κ1) is 38.9. The maximum Gasteiger partial charge on any atom is 0.115 e. The summed E-state index contributed by atoms with van der Waals surface area (Å²) in [7, 11) is 48.8. The summed E-state index contributed by atoms with van der Waals surface area (Å²) >= 11 is 0. The second-order valence-corrected chi connectivity index (χ2v) is 16.0. The van der Waals surface area contributed by atoms with E-state index in [1.54, 1.807) is 0 Å². The van der Waals surface area contributed by atoms with Gasteiger partial charge in [-0.3, -0.25) is 0 Å². The van der Waals surface area contributed by atoms with Gasteiger partial charge < -0.3 is 9.13 Å². The highest BCUT2D eigenvalue weighted by molar-refractivity contribution is 6.69. The Morgan fingerprint density at radius 1 is 0.286 bits per heavy atom. The van der Waals surface area contributed by atoms with Crippen LogP contribution < -0.4 is 38.2 Å². The standard InChI is InChI=1S/C54H29B7N2/c55-46-42(47(56)51(60)53-44(46)45-48(57)49(58)50(59)52(61)54(45)63(53)37-19-10-18-34(28-37)31-14-6-2-7-15-31)35-24-27-40-39(29-35)43-38(33-16-8-3-9-17-33)20-11-21-41(43)62(40)36-25-22-32(23-26-36)30-12-4-1-5-13-30/h1-29H. The van der Waals surface area contributed by atoms with Crippen molar-refractivity contribution in [2.45, 2.75) is 0 Å². The van der Waals surface area contributed by atoms with Crippen molar-refractivity contribution in [1.29, 1.82) is 0 Å². The van der Waals surface area contributed by atoms with Gasteiger partial charge in [0.2, 0.25) is 0 Å². The molecule has 14 radical (unpaired) electrons. The van der Waals surface area contributed by atoms with Gasteiger partial charge in [-0.05, 0) is 92.4 Å². The second-order valence-electron chi connectivity index (χ2n) is 16.0. The maximum atomic E-state index is 7.42. The second kappa shape index (κ2) is 15.1. The van der Waals surface area contributed by atoms with Crippen molar-refractivity contribution in [2.75, 3.05) is 0 Å². The van der Waals surface area contributed by atoms with Gasteiger partial charge in [0.15, 0.2) is 0 Å². The highest BCUT2D eigenvalue weighted by atomic mass is 15.0. The Morgan fingerprint density at radius 2 is 0.810 bits per heavy atom. The third-order valence-electron chi connectivity index (χ3n) is 12.5. The molecule has 0 fully saturated rings. The van der Waals surface area contributed by atoms with Gasteiger partial charge in [0.1, 0.15) is 54.9 Å². The number of nitrogens with zero attached hydrogens (tertiary/aromatic N) is 2. The molecule has 0 saturated carbocycles. The fraction of sp³-hybridized carbons (Fsp3) is 0. The van der Waals surface area contributed by atoms with E-state index in [2.05, 4.69) is 138 Å². The Labute approximate surface area is 375 Å². The molecule has 0 saturated heterocycles. The summed E-state index contributed by atoms with van der Waals surface area (Å²) in [5.41, 5.74) is 14.8. The van der Waals surface area contributed by atoms with E-state index in [0.717, 1.165) is 72.1 Å². The summed E-state index contributed by atoms with van der Waals surface area (Å²) < 4.78 is 4.27. The molecule has 11 rings (SSSR count). The van der Waals surface area contributed by atoms with Crippen LogP contribution in [-0.4, -0.2) is 64.1 Å². The van der Waals surface area contributed by atoms with Crippen molar-refractivity contribution in [3.05, 3.63) is 176 Å². The molecule has 0 aliphatic rings. The van der Waals surface area contributed by atoms with E-state index in [1.165, 1.54) is 0 Å². The molecule has 276 valence electrons. The average Bonchev–Trinajstić information content (AvgIpc) is 3.87. The first-order chi connectivity index (χ1) is 30.7. The third kappa shape index (κ3) is 6.04. The number of benzene rings is 9. The molecule has 0 amide bonds. The zero-order valence-electron chi connectivity index (χ0n) is 34.2. The largest absolute Gasteiger partial charge is 0.311 e. The zero-order chi connectivity index (χ0) is 43.1. The summed E-state index contributed by atoms with van der Waals surface area (Å²) in [6, 6.07) is 60.5. The quantitative estimate of drug-likeness (QED) is 0.181. The molecule has 0 unspecified atom stereocenters. The van der Waals surface area contributed by atoms with Gasteiger partial charge in [-0.25, -0.2) is 0 Å². The Hall–Kier alpha value is -6.97. The lowest BCUT2D eigenvalue weighted by Crippen LogP contribution is -2.48. The monoisotopic (exact) mass is 782 g/mol. The molecule has 0 aliphatic carbocycles. The van der Waals surface area contributed by atoms with Crippen LogP contribution in [0, 0.1) is 0 Å². The summed E-state index contributed by atoms with van der Waals surface area (Å²) in [4.78, 5) is 0. The fourth-order valence-corrected chi connectivity index (χ4v) is 9.51. The van der Waals surface area contributed by atoms with Crippen LogP contribution in [0.5, 0.6) is 0 Å². The number of hydrogen-bond donors (Lipinski definition) is 0. The van der Waals surface area contributed by atoms with Gasteiger partial charge in [0, 0.05) is 38.6 Å². The van der Waals surface area contributed by atoms with Crippen LogP contribution in [0.15, 0.2) is 176 Å². The van der Waals surface area contributed by atoms with Crippen LogP contribution in [-0.2, 0) is 0 Å². The number of rotatable bonds is 6. The summed E-state index contributed by atoms with van der Waals surface area (Å²) in [6.45, 7) is 0. The van der Waals surface area contributed by atoms with Gasteiger partial charge >= 0.3 is 0 Å². The van der Waals surface area contributed by atoms with Crippen molar-refractivity contribution < 1.29 is 0 Å². The topological polar surface area (TPSA) is 9.86 Å². The third-order valence-corrected chi connectivity index (χ3v) is 12.5. The van der Waals surface area contributed by atoms with Crippen molar-refractivity contribution >= 4 is 137 Å². The molecule has 0 aliphatic heterocycles. The number of hydrogen-bond acceptors (Lipinski definition) is 0.